The molecule has 2 nitrogen and oxygen atoms in total. The van der Waals surface area contributed by atoms with E-state index in [1.54, 1.807) is 0 Å². The summed E-state index contributed by atoms with van der Waals surface area (Å²) in [7, 11) is -4.97. The molecule has 0 radical (unpaired) electrons. The molecule has 0 amide bonds. The Balaban J connectivity index is 2.08. The van der Waals surface area contributed by atoms with Crippen molar-refractivity contribution in [2.24, 2.45) is 0 Å². The van der Waals surface area contributed by atoms with Crippen molar-refractivity contribution in [3.8, 4) is 0 Å². The molecule has 0 aliphatic rings. The molecule has 0 bridgehead atoms. The van der Waals surface area contributed by atoms with Crippen molar-refractivity contribution in [1.29, 1.82) is 0 Å². The zero-order chi connectivity index (χ0) is 26.2. The first-order chi connectivity index (χ1) is 18.2. The molecule has 0 saturated heterocycles. The highest BCUT2D eigenvalue weighted by Crippen LogP contribution is 2.32. The van der Waals surface area contributed by atoms with Crippen LogP contribution in [0, 0.1) is 0 Å². The zero-order valence-corrected chi connectivity index (χ0v) is 25.5. The summed E-state index contributed by atoms with van der Waals surface area (Å²) in [6.45, 7) is 6.90. The van der Waals surface area contributed by atoms with Gasteiger partial charge in [-0.25, -0.2) is 0 Å². The Morgan fingerprint density at radius 1 is 0.432 bits per heavy atom. The maximum atomic E-state index is 7.15. The van der Waals surface area contributed by atoms with E-state index in [1.807, 2.05) is 0 Å². The summed E-state index contributed by atoms with van der Waals surface area (Å²) in [6, 6.07) is 36.2. The Morgan fingerprint density at radius 2 is 0.757 bits per heavy atom. The van der Waals surface area contributed by atoms with Crippen LogP contribution in [0.1, 0.15) is 78.6 Å². The van der Waals surface area contributed by atoms with Crippen molar-refractivity contribution < 1.29 is 9.15 Å². The maximum Gasteiger partial charge on any atom is 0.329 e. The third kappa shape index (κ3) is 8.25. The van der Waals surface area contributed by atoms with E-state index in [4.69, 9.17) is 9.15 Å². The molecule has 0 aliphatic heterocycles. The predicted molar refractivity (Wildman–Crippen MR) is 165 cm³/mol. The van der Waals surface area contributed by atoms with Gasteiger partial charge in [0, 0.05) is 0 Å². The van der Waals surface area contributed by atoms with E-state index in [0.29, 0.717) is 0 Å². The Hall–Kier alpha value is -1.99. The van der Waals surface area contributed by atoms with Gasteiger partial charge in [-0.15, -0.1) is 0 Å². The van der Waals surface area contributed by atoms with Crippen molar-refractivity contribution in [3.63, 3.8) is 0 Å². The summed E-state index contributed by atoms with van der Waals surface area (Å²) >= 11 is 0. The van der Waals surface area contributed by atoms with Crippen molar-refractivity contribution in [2.75, 3.05) is 0 Å². The Morgan fingerprint density at radius 3 is 1.05 bits per heavy atom. The average molecular weight is 533 g/mol. The molecule has 0 heterocycles. The van der Waals surface area contributed by atoms with E-state index in [9.17, 15) is 0 Å². The molecule has 0 aliphatic carbocycles. The van der Waals surface area contributed by atoms with Gasteiger partial charge in [-0.05, 0) is 33.7 Å². The van der Waals surface area contributed by atoms with E-state index >= 15 is 0 Å². The largest absolute Gasteiger partial charge is 0.329 e. The number of unbranched alkanes of at least 4 members (excludes halogenated alkanes) is 6. The van der Waals surface area contributed by atoms with Gasteiger partial charge in [0.25, 0.3) is 0 Å². The lowest BCUT2D eigenvalue weighted by molar-refractivity contribution is -0.122. The number of hydrogen-bond acceptors (Lipinski definition) is 2. The SMILES string of the molecule is CCCCC[Si](CCCCC)(CCCCC)OO[Si](c1ccccc1)(c1ccccc1)c1ccccc1. The van der Waals surface area contributed by atoms with Crippen LogP contribution >= 0.6 is 0 Å². The minimum absolute atomic E-state index is 1.21. The van der Waals surface area contributed by atoms with Crippen LogP contribution < -0.4 is 15.6 Å². The summed E-state index contributed by atoms with van der Waals surface area (Å²) < 4.78 is 14.2. The molecule has 0 aromatic heterocycles. The third-order valence-electron chi connectivity index (χ3n) is 7.59. The van der Waals surface area contributed by atoms with Crippen LogP contribution in [0.3, 0.4) is 0 Å². The number of hydrogen-bond donors (Lipinski definition) is 0. The van der Waals surface area contributed by atoms with E-state index < -0.39 is 16.6 Å². The second kappa shape index (κ2) is 16.1. The van der Waals surface area contributed by atoms with Gasteiger partial charge in [-0.2, -0.15) is 0 Å². The molecule has 3 rings (SSSR count). The van der Waals surface area contributed by atoms with Crippen LogP contribution in [-0.2, 0) is 9.15 Å². The number of rotatable bonds is 18. The van der Waals surface area contributed by atoms with E-state index in [1.165, 1.54) is 91.5 Å². The second-order valence-corrected chi connectivity index (χ2v) is 17.8. The van der Waals surface area contributed by atoms with Crippen LogP contribution in [0.25, 0.3) is 0 Å². The first-order valence-electron chi connectivity index (χ1n) is 14.7. The fourth-order valence-corrected chi connectivity index (χ4v) is 13.6. The fraction of sp³-hybridized carbons (Fsp3) is 0.455. The highest BCUT2D eigenvalue weighted by molar-refractivity contribution is 7.07. The molecule has 37 heavy (non-hydrogen) atoms. The van der Waals surface area contributed by atoms with E-state index in [-0.39, 0.29) is 0 Å². The summed E-state index contributed by atoms with van der Waals surface area (Å²) in [5, 5.41) is 3.72. The molecule has 3 aromatic rings. The van der Waals surface area contributed by atoms with Crippen LogP contribution in [0.15, 0.2) is 91.0 Å². The summed E-state index contributed by atoms with van der Waals surface area (Å²) in [6.07, 6.45) is 11.3. The highest BCUT2D eigenvalue weighted by Gasteiger charge is 2.47. The molecule has 0 unspecified atom stereocenters. The molecule has 200 valence electrons. The van der Waals surface area contributed by atoms with Crippen LogP contribution in [0.2, 0.25) is 18.1 Å². The standard InChI is InChI=1S/C33H48O2Si2/c1-4-7-19-28-36(29-20-8-5-2,30-21-9-6-3)34-35-37(31-22-13-10-14-23-31,32-24-15-11-16-25-32)33-26-17-12-18-27-33/h10-18,22-27H,4-9,19-21,28-30H2,1-3H3. The zero-order valence-electron chi connectivity index (χ0n) is 23.5. The van der Waals surface area contributed by atoms with Crippen molar-refractivity contribution >= 4 is 32.2 Å². The molecular formula is C33H48O2Si2. The van der Waals surface area contributed by atoms with Gasteiger partial charge in [0.1, 0.15) is 0 Å². The van der Waals surface area contributed by atoms with Gasteiger partial charge >= 0.3 is 8.32 Å². The monoisotopic (exact) mass is 532 g/mol. The normalized spacial score (nSPS) is 12.1. The molecule has 0 N–H and O–H groups in total. The van der Waals surface area contributed by atoms with Gasteiger partial charge in [0.05, 0.1) is 0 Å². The van der Waals surface area contributed by atoms with Crippen LogP contribution in [-0.4, -0.2) is 16.6 Å². The molecule has 0 fully saturated rings. The summed E-state index contributed by atoms with van der Waals surface area (Å²) in [5.41, 5.74) is 0. The van der Waals surface area contributed by atoms with Crippen molar-refractivity contribution in [3.05, 3.63) is 91.0 Å². The van der Waals surface area contributed by atoms with Gasteiger partial charge in [-0.1, -0.05) is 170 Å². The minimum atomic E-state index is -2.86. The van der Waals surface area contributed by atoms with E-state index in [2.05, 4.69) is 112 Å². The smallest absolute Gasteiger partial charge is 0.296 e. The van der Waals surface area contributed by atoms with Crippen LogP contribution in [0.4, 0.5) is 0 Å². The summed E-state index contributed by atoms with van der Waals surface area (Å²) in [5.74, 6) is 0. The Kier molecular flexibility index (Phi) is 12.9. The molecular weight excluding hydrogens is 485 g/mol. The highest BCUT2D eigenvalue weighted by atomic mass is 28.4. The Bertz CT molecular complexity index is 856. The van der Waals surface area contributed by atoms with Gasteiger partial charge in [0.2, 0.25) is 8.32 Å². The third-order valence-corrected chi connectivity index (χ3v) is 15.8. The lowest BCUT2D eigenvalue weighted by atomic mass is 10.3. The predicted octanol–water partition coefficient (Wildman–Crippen LogP) is 8.12. The molecule has 4 heteroatoms. The lowest BCUT2D eigenvalue weighted by Gasteiger charge is -2.38. The van der Waals surface area contributed by atoms with Gasteiger partial charge in [0.15, 0.2) is 0 Å². The first-order valence-corrected chi connectivity index (χ1v) is 19.2. The lowest BCUT2D eigenvalue weighted by Crippen LogP contribution is -2.70. The molecule has 0 saturated carbocycles. The quantitative estimate of drug-likeness (QED) is 0.0541. The molecule has 3 aromatic carbocycles. The van der Waals surface area contributed by atoms with E-state index in [0.717, 1.165) is 0 Å². The fourth-order valence-electron chi connectivity index (χ4n) is 5.41. The molecule has 0 atom stereocenters. The summed E-state index contributed by atoms with van der Waals surface area (Å²) in [4.78, 5) is 0. The average Bonchev–Trinajstić information content (AvgIpc) is 2.95. The first kappa shape index (κ1) is 29.6. The maximum absolute atomic E-state index is 7.15. The van der Waals surface area contributed by atoms with Gasteiger partial charge in [-0.3, -0.25) is 9.15 Å². The van der Waals surface area contributed by atoms with Crippen molar-refractivity contribution in [2.45, 2.75) is 96.7 Å². The second-order valence-electron chi connectivity index (χ2n) is 10.5. The van der Waals surface area contributed by atoms with Crippen molar-refractivity contribution in [1.82, 2.24) is 0 Å². The van der Waals surface area contributed by atoms with Crippen LogP contribution in [0.5, 0.6) is 0 Å². The van der Waals surface area contributed by atoms with Gasteiger partial charge < -0.3 is 0 Å². The Labute approximate surface area is 228 Å². The molecule has 0 spiro atoms. The number of benzene rings is 3. The minimum Gasteiger partial charge on any atom is -0.296 e. The topological polar surface area (TPSA) is 18.5 Å².